The maximum absolute atomic E-state index is 9.31. The van der Waals surface area contributed by atoms with Gasteiger partial charge in [-0.25, -0.2) is 0 Å². The number of thioether (sulfide) groups is 1. The number of guanidine groups is 1. The normalized spacial score (nSPS) is 21.2. The Morgan fingerprint density at radius 1 is 1.38 bits per heavy atom. The number of hydrogen-bond acceptors (Lipinski definition) is 4. The summed E-state index contributed by atoms with van der Waals surface area (Å²) in [6.07, 6.45) is 1.74. The van der Waals surface area contributed by atoms with Gasteiger partial charge in [0.1, 0.15) is 0 Å². The number of ether oxygens (including phenoxy) is 1. The number of aliphatic hydroxyl groups is 1. The first-order valence-electron chi connectivity index (χ1n) is 8.62. The summed E-state index contributed by atoms with van der Waals surface area (Å²) in [7, 11) is 1.78. The van der Waals surface area contributed by atoms with Crippen LogP contribution in [0, 0.1) is 5.41 Å². The van der Waals surface area contributed by atoms with Gasteiger partial charge < -0.3 is 20.5 Å². The Labute approximate surface area is 186 Å². The summed E-state index contributed by atoms with van der Waals surface area (Å²) in [6, 6.07) is 8.37. The van der Waals surface area contributed by atoms with E-state index < -0.39 is 0 Å². The van der Waals surface area contributed by atoms with Crippen LogP contribution in [0.2, 0.25) is 0 Å². The first kappa shape index (κ1) is 24.0. The molecule has 0 amide bonds. The number of halogens is 2. The van der Waals surface area contributed by atoms with E-state index >= 15 is 0 Å². The molecule has 1 saturated heterocycles. The van der Waals surface area contributed by atoms with Crippen molar-refractivity contribution in [1.82, 2.24) is 10.6 Å². The van der Waals surface area contributed by atoms with Crippen LogP contribution in [0.3, 0.4) is 0 Å². The Kier molecular flexibility index (Phi) is 11.5. The third-order valence-corrected chi connectivity index (χ3v) is 6.03. The summed E-state index contributed by atoms with van der Waals surface area (Å²) in [5.41, 5.74) is 0.0180. The van der Waals surface area contributed by atoms with E-state index in [1.165, 1.54) is 4.90 Å². The predicted octanol–water partition coefficient (Wildman–Crippen LogP) is 3.50. The zero-order valence-electron chi connectivity index (χ0n) is 15.3. The molecule has 1 aliphatic rings. The molecule has 0 aromatic heterocycles. The standard InChI is InChI=1S/C18H28BrN3O2S.HI/c1-14(25-16-5-3-15(19)4-6-16)11-21-17(20-2)22-12-18(7-9-23)8-10-24-13-18;/h3-6,14,23H,7-13H2,1-2H3,(H2,20,21,22);1H. The Bertz CT molecular complexity index is 554. The number of aliphatic imine (C=N–C) groups is 1. The Morgan fingerprint density at radius 3 is 2.69 bits per heavy atom. The van der Waals surface area contributed by atoms with Gasteiger partial charge in [-0.3, -0.25) is 4.99 Å². The molecule has 1 fully saturated rings. The third kappa shape index (κ3) is 7.92. The summed E-state index contributed by atoms with van der Waals surface area (Å²) in [6.45, 7) is 5.45. The number of benzene rings is 1. The quantitative estimate of drug-likeness (QED) is 0.198. The van der Waals surface area contributed by atoms with E-state index in [4.69, 9.17) is 4.74 Å². The van der Waals surface area contributed by atoms with Gasteiger partial charge in [0.25, 0.3) is 0 Å². The fourth-order valence-corrected chi connectivity index (χ4v) is 4.02. The van der Waals surface area contributed by atoms with Gasteiger partial charge in [-0.05, 0) is 37.1 Å². The van der Waals surface area contributed by atoms with Crippen LogP contribution in [-0.4, -0.2) is 56.3 Å². The van der Waals surface area contributed by atoms with E-state index in [-0.39, 0.29) is 36.0 Å². The largest absolute Gasteiger partial charge is 0.396 e. The number of nitrogens with one attached hydrogen (secondary N) is 2. The Morgan fingerprint density at radius 2 is 2.12 bits per heavy atom. The minimum absolute atomic E-state index is 0. The summed E-state index contributed by atoms with van der Waals surface area (Å²) >= 11 is 5.30. The summed E-state index contributed by atoms with van der Waals surface area (Å²) < 4.78 is 6.63. The van der Waals surface area contributed by atoms with Crippen molar-refractivity contribution in [2.75, 3.05) is 40.0 Å². The minimum Gasteiger partial charge on any atom is -0.396 e. The molecule has 2 unspecified atom stereocenters. The number of hydrogen-bond donors (Lipinski definition) is 3. The van der Waals surface area contributed by atoms with E-state index in [2.05, 4.69) is 62.7 Å². The monoisotopic (exact) mass is 557 g/mol. The smallest absolute Gasteiger partial charge is 0.191 e. The highest BCUT2D eigenvalue weighted by atomic mass is 127. The second kappa shape index (κ2) is 12.4. The highest BCUT2D eigenvalue weighted by Gasteiger charge is 2.34. The molecule has 1 aliphatic heterocycles. The molecule has 0 aliphatic carbocycles. The lowest BCUT2D eigenvalue weighted by Crippen LogP contribution is -2.45. The van der Waals surface area contributed by atoms with Crippen LogP contribution in [-0.2, 0) is 4.74 Å². The predicted molar refractivity (Wildman–Crippen MR) is 124 cm³/mol. The molecule has 1 heterocycles. The van der Waals surface area contributed by atoms with Gasteiger partial charge in [-0.2, -0.15) is 0 Å². The van der Waals surface area contributed by atoms with Crippen LogP contribution in [0.15, 0.2) is 38.6 Å². The van der Waals surface area contributed by atoms with Gasteiger partial charge in [0.2, 0.25) is 0 Å². The molecule has 2 rings (SSSR count). The zero-order chi connectivity index (χ0) is 18.1. The van der Waals surface area contributed by atoms with E-state index in [1.54, 1.807) is 7.05 Å². The van der Waals surface area contributed by atoms with Crippen molar-refractivity contribution in [3.63, 3.8) is 0 Å². The van der Waals surface area contributed by atoms with Crippen molar-refractivity contribution in [2.45, 2.75) is 29.9 Å². The van der Waals surface area contributed by atoms with E-state index in [1.807, 2.05) is 11.8 Å². The molecular weight excluding hydrogens is 529 g/mol. The second-order valence-electron chi connectivity index (χ2n) is 6.47. The molecule has 3 N–H and O–H groups in total. The summed E-state index contributed by atoms with van der Waals surface area (Å²) in [5, 5.41) is 16.5. The molecule has 0 radical (unpaired) electrons. The maximum Gasteiger partial charge on any atom is 0.191 e. The van der Waals surface area contributed by atoms with Crippen LogP contribution in [0.1, 0.15) is 19.8 Å². The fraction of sp³-hybridized carbons (Fsp3) is 0.611. The number of aliphatic hydroxyl groups excluding tert-OH is 1. The van der Waals surface area contributed by atoms with Crippen molar-refractivity contribution < 1.29 is 9.84 Å². The summed E-state index contributed by atoms with van der Waals surface area (Å²) in [5.74, 6) is 0.799. The Hall–Kier alpha value is -0.0300. The van der Waals surface area contributed by atoms with E-state index in [0.717, 1.165) is 43.0 Å². The van der Waals surface area contributed by atoms with Crippen LogP contribution in [0.4, 0.5) is 0 Å². The molecule has 0 saturated carbocycles. The molecule has 8 heteroatoms. The van der Waals surface area contributed by atoms with Crippen LogP contribution < -0.4 is 10.6 Å². The molecule has 0 spiro atoms. The first-order chi connectivity index (χ1) is 12.1. The van der Waals surface area contributed by atoms with Crippen LogP contribution >= 0.6 is 51.7 Å². The molecular formula is C18H29BrIN3O2S. The maximum atomic E-state index is 9.31. The van der Waals surface area contributed by atoms with Gasteiger partial charge in [-0.15, -0.1) is 35.7 Å². The molecule has 2 atom stereocenters. The van der Waals surface area contributed by atoms with Crippen molar-refractivity contribution in [3.8, 4) is 0 Å². The lowest BCUT2D eigenvalue weighted by molar-refractivity contribution is 0.127. The molecule has 5 nitrogen and oxygen atoms in total. The lowest BCUT2D eigenvalue weighted by Gasteiger charge is -2.28. The fourth-order valence-electron chi connectivity index (χ4n) is 2.83. The van der Waals surface area contributed by atoms with E-state index in [0.29, 0.717) is 11.9 Å². The number of nitrogens with zero attached hydrogens (tertiary/aromatic N) is 1. The van der Waals surface area contributed by atoms with E-state index in [9.17, 15) is 5.11 Å². The van der Waals surface area contributed by atoms with Crippen molar-refractivity contribution in [3.05, 3.63) is 28.7 Å². The van der Waals surface area contributed by atoms with Gasteiger partial charge in [0.15, 0.2) is 5.96 Å². The highest BCUT2D eigenvalue weighted by molar-refractivity contribution is 14.0. The highest BCUT2D eigenvalue weighted by Crippen LogP contribution is 2.31. The van der Waals surface area contributed by atoms with Gasteiger partial charge in [0, 0.05) is 53.4 Å². The lowest BCUT2D eigenvalue weighted by atomic mass is 9.84. The molecule has 26 heavy (non-hydrogen) atoms. The molecule has 0 bridgehead atoms. The third-order valence-electron chi connectivity index (χ3n) is 4.39. The van der Waals surface area contributed by atoms with Crippen molar-refractivity contribution in [2.24, 2.45) is 10.4 Å². The van der Waals surface area contributed by atoms with Gasteiger partial charge in [0.05, 0.1) is 6.61 Å². The minimum atomic E-state index is 0. The van der Waals surface area contributed by atoms with Gasteiger partial charge >= 0.3 is 0 Å². The van der Waals surface area contributed by atoms with Crippen molar-refractivity contribution in [1.29, 1.82) is 0 Å². The number of rotatable bonds is 8. The molecule has 148 valence electrons. The Balaban J connectivity index is 0.00000338. The van der Waals surface area contributed by atoms with Crippen molar-refractivity contribution >= 4 is 57.6 Å². The topological polar surface area (TPSA) is 65.9 Å². The van der Waals surface area contributed by atoms with Crippen LogP contribution in [0.5, 0.6) is 0 Å². The molecule has 1 aromatic rings. The second-order valence-corrected chi connectivity index (χ2v) is 8.89. The van der Waals surface area contributed by atoms with Gasteiger partial charge in [-0.1, -0.05) is 22.9 Å². The van der Waals surface area contributed by atoms with Crippen LogP contribution in [0.25, 0.3) is 0 Å². The molecule has 1 aromatic carbocycles. The first-order valence-corrected chi connectivity index (χ1v) is 10.3. The zero-order valence-corrected chi connectivity index (χ0v) is 20.1. The average molecular weight is 558 g/mol. The SMILES string of the molecule is CN=C(NCC(C)Sc1ccc(Br)cc1)NCC1(CCO)CCOC1.I. The average Bonchev–Trinajstić information content (AvgIpc) is 3.06. The summed E-state index contributed by atoms with van der Waals surface area (Å²) in [4.78, 5) is 5.56.